The van der Waals surface area contributed by atoms with Gasteiger partial charge in [-0.05, 0) is 37.5 Å². The van der Waals surface area contributed by atoms with E-state index in [2.05, 4.69) is 4.98 Å². The molecular weight excluding hydrogens is 426 g/mol. The summed E-state index contributed by atoms with van der Waals surface area (Å²) in [7, 11) is 0. The number of aromatic nitrogens is 4. The molecule has 170 valence electrons. The van der Waals surface area contributed by atoms with Crippen LogP contribution in [0.3, 0.4) is 0 Å². The molecule has 2 heterocycles. The Morgan fingerprint density at radius 2 is 1.70 bits per heavy atom. The Morgan fingerprint density at radius 1 is 0.970 bits per heavy atom. The molecule has 0 spiro atoms. The van der Waals surface area contributed by atoms with Crippen molar-refractivity contribution in [3.8, 4) is 5.69 Å². The molecule has 0 radical (unpaired) electrons. The number of halogens is 2. The second kappa shape index (κ2) is 8.42. The van der Waals surface area contributed by atoms with Gasteiger partial charge in [0.05, 0.1) is 18.1 Å². The lowest BCUT2D eigenvalue weighted by atomic mass is 9.95. The fourth-order valence-electron chi connectivity index (χ4n) is 4.82. The number of benzene rings is 2. The number of fused-ring (bicyclic) bond motifs is 1. The first kappa shape index (κ1) is 21.3. The fourth-order valence-corrected chi connectivity index (χ4v) is 4.82. The Bertz CT molecular complexity index is 1430. The van der Waals surface area contributed by atoms with Gasteiger partial charge < -0.3 is 4.57 Å². The lowest BCUT2D eigenvalue weighted by molar-refractivity contribution is 0.335. The molecule has 0 amide bonds. The van der Waals surface area contributed by atoms with E-state index >= 15 is 0 Å². The largest absolute Gasteiger partial charge is 0.337 e. The molecule has 4 aromatic rings. The number of nitrogens with zero attached hydrogens (tertiary/aromatic N) is 4. The second-order valence-electron chi connectivity index (χ2n) is 8.59. The minimum Gasteiger partial charge on any atom is -0.317 e. The molecular formula is C25H24F2N4O2. The average molecular weight is 450 g/mol. The number of hydrogen-bond donors (Lipinski definition) is 0. The van der Waals surface area contributed by atoms with Crippen LogP contribution in [-0.2, 0) is 0 Å². The molecule has 5 rings (SSSR count). The van der Waals surface area contributed by atoms with Crippen LogP contribution >= 0.6 is 0 Å². The molecule has 0 saturated heterocycles. The van der Waals surface area contributed by atoms with Crippen molar-refractivity contribution in [1.82, 2.24) is 18.7 Å². The van der Waals surface area contributed by atoms with Gasteiger partial charge in [0.25, 0.3) is 5.56 Å². The van der Waals surface area contributed by atoms with Crippen molar-refractivity contribution in [2.75, 3.05) is 0 Å². The van der Waals surface area contributed by atoms with Crippen LogP contribution in [0.1, 0.15) is 56.7 Å². The molecule has 1 aliphatic rings. The van der Waals surface area contributed by atoms with Crippen molar-refractivity contribution in [3.63, 3.8) is 0 Å². The Balaban J connectivity index is 1.82. The first-order valence-corrected chi connectivity index (χ1v) is 11.2. The third-order valence-corrected chi connectivity index (χ3v) is 6.61. The van der Waals surface area contributed by atoms with Gasteiger partial charge in [0, 0.05) is 12.1 Å². The molecule has 33 heavy (non-hydrogen) atoms. The maximum Gasteiger partial charge on any atom is 0.337 e. The fraction of sp³-hybridized carbons (Fsp3) is 0.320. The van der Waals surface area contributed by atoms with E-state index in [1.165, 1.54) is 21.5 Å². The Kier molecular flexibility index (Phi) is 5.44. The molecule has 2 aromatic carbocycles. The van der Waals surface area contributed by atoms with Crippen molar-refractivity contribution in [2.24, 2.45) is 0 Å². The number of hydrogen-bond acceptors (Lipinski definition) is 3. The van der Waals surface area contributed by atoms with Crippen LogP contribution in [0, 0.1) is 11.6 Å². The van der Waals surface area contributed by atoms with E-state index in [0.717, 1.165) is 49.8 Å². The van der Waals surface area contributed by atoms with Gasteiger partial charge in [-0.1, -0.05) is 49.6 Å². The van der Waals surface area contributed by atoms with Crippen LogP contribution in [0.15, 0.2) is 64.4 Å². The first-order chi connectivity index (χ1) is 16.0. The van der Waals surface area contributed by atoms with E-state index in [9.17, 15) is 18.4 Å². The van der Waals surface area contributed by atoms with Crippen LogP contribution < -0.4 is 11.2 Å². The third-order valence-electron chi connectivity index (χ3n) is 6.61. The Hall–Kier alpha value is -3.55. The lowest BCUT2D eigenvalue weighted by Crippen LogP contribution is -2.43. The van der Waals surface area contributed by atoms with Gasteiger partial charge in [-0.15, -0.1) is 0 Å². The summed E-state index contributed by atoms with van der Waals surface area (Å²) < 4.78 is 32.0. The average Bonchev–Trinajstić information content (AvgIpc) is 3.27. The van der Waals surface area contributed by atoms with E-state index in [0.29, 0.717) is 0 Å². The maximum absolute atomic E-state index is 14.1. The summed E-state index contributed by atoms with van der Waals surface area (Å²) in [6.07, 6.45) is 5.90. The van der Waals surface area contributed by atoms with Gasteiger partial charge in [-0.3, -0.25) is 9.36 Å². The smallest absolute Gasteiger partial charge is 0.317 e. The normalized spacial score (nSPS) is 15.7. The highest BCUT2D eigenvalue weighted by Crippen LogP contribution is 2.28. The van der Waals surface area contributed by atoms with Gasteiger partial charge in [0.2, 0.25) is 0 Å². The minimum atomic E-state index is -1.07. The molecule has 2 aromatic heterocycles. The first-order valence-electron chi connectivity index (χ1n) is 11.2. The van der Waals surface area contributed by atoms with Gasteiger partial charge in [-0.2, -0.15) is 0 Å². The molecule has 1 aliphatic carbocycles. The minimum absolute atomic E-state index is 0.130. The van der Waals surface area contributed by atoms with Crippen molar-refractivity contribution in [3.05, 3.63) is 92.9 Å². The van der Waals surface area contributed by atoms with E-state index in [1.807, 2.05) is 37.3 Å². The SMILES string of the molecule is CC(c1ccccc1)n1cnc2c1c(=O)n(C1CCCCC1)c(=O)n2-c1ccc(F)c(F)c1. The van der Waals surface area contributed by atoms with E-state index < -0.39 is 22.9 Å². The standard InChI is InChI=1S/C25H24F2N4O2/c1-16(17-8-4-2-5-9-17)29-15-28-23-22(29)24(32)31(18-10-6-3-7-11-18)25(33)30(23)19-12-13-20(26)21(27)14-19/h2,4-5,8-9,12-16,18H,3,6-7,10-11H2,1H3. The van der Waals surface area contributed by atoms with Gasteiger partial charge in [0.1, 0.15) is 0 Å². The van der Waals surface area contributed by atoms with Gasteiger partial charge in [0.15, 0.2) is 22.8 Å². The maximum atomic E-state index is 14.1. The zero-order valence-corrected chi connectivity index (χ0v) is 18.2. The molecule has 0 aliphatic heterocycles. The molecule has 1 saturated carbocycles. The summed E-state index contributed by atoms with van der Waals surface area (Å²) in [5.41, 5.74) is 0.521. The predicted octanol–water partition coefficient (Wildman–Crippen LogP) is 4.74. The van der Waals surface area contributed by atoms with Gasteiger partial charge in [-0.25, -0.2) is 23.1 Å². The van der Waals surface area contributed by atoms with Crippen LogP contribution in [0.25, 0.3) is 16.9 Å². The second-order valence-corrected chi connectivity index (χ2v) is 8.59. The molecule has 8 heteroatoms. The summed E-state index contributed by atoms with van der Waals surface area (Å²) in [5.74, 6) is -2.08. The van der Waals surface area contributed by atoms with Crippen molar-refractivity contribution < 1.29 is 8.78 Å². The Labute approximate surface area is 188 Å². The van der Waals surface area contributed by atoms with Crippen molar-refractivity contribution in [1.29, 1.82) is 0 Å². The van der Waals surface area contributed by atoms with Crippen LogP contribution in [-0.4, -0.2) is 18.7 Å². The summed E-state index contributed by atoms with van der Waals surface area (Å²) in [4.78, 5) is 31.7. The molecule has 0 bridgehead atoms. The molecule has 1 unspecified atom stereocenters. The van der Waals surface area contributed by atoms with Gasteiger partial charge >= 0.3 is 5.69 Å². The molecule has 1 atom stereocenters. The summed E-state index contributed by atoms with van der Waals surface area (Å²) in [6, 6.07) is 12.5. The van der Waals surface area contributed by atoms with E-state index in [-0.39, 0.29) is 28.9 Å². The highest BCUT2D eigenvalue weighted by Gasteiger charge is 2.26. The van der Waals surface area contributed by atoms with Crippen LogP contribution in [0.5, 0.6) is 0 Å². The highest BCUT2D eigenvalue weighted by atomic mass is 19.2. The molecule has 1 fully saturated rings. The summed E-state index contributed by atoms with van der Waals surface area (Å²) in [6.45, 7) is 1.95. The van der Waals surface area contributed by atoms with Crippen LogP contribution in [0.2, 0.25) is 0 Å². The predicted molar refractivity (Wildman–Crippen MR) is 122 cm³/mol. The Morgan fingerprint density at radius 3 is 2.39 bits per heavy atom. The highest BCUT2D eigenvalue weighted by molar-refractivity contribution is 5.73. The quantitative estimate of drug-likeness (QED) is 0.451. The zero-order valence-electron chi connectivity index (χ0n) is 18.2. The van der Waals surface area contributed by atoms with Crippen LogP contribution in [0.4, 0.5) is 8.78 Å². The lowest BCUT2D eigenvalue weighted by Gasteiger charge is -2.24. The van der Waals surface area contributed by atoms with Crippen molar-refractivity contribution >= 4 is 11.2 Å². The zero-order chi connectivity index (χ0) is 23.1. The van der Waals surface area contributed by atoms with E-state index in [1.54, 1.807) is 4.57 Å². The van der Waals surface area contributed by atoms with E-state index in [4.69, 9.17) is 0 Å². The molecule has 6 nitrogen and oxygen atoms in total. The number of imidazole rings is 1. The monoisotopic (exact) mass is 450 g/mol. The summed E-state index contributed by atoms with van der Waals surface area (Å²) >= 11 is 0. The number of rotatable bonds is 4. The summed E-state index contributed by atoms with van der Waals surface area (Å²) in [5, 5.41) is 0. The third kappa shape index (κ3) is 3.59. The molecule has 0 N–H and O–H groups in total. The topological polar surface area (TPSA) is 61.8 Å². The van der Waals surface area contributed by atoms with Crippen molar-refractivity contribution in [2.45, 2.75) is 51.1 Å².